The van der Waals surface area contributed by atoms with E-state index in [9.17, 15) is 4.79 Å². The van der Waals surface area contributed by atoms with Crippen LogP contribution in [0.2, 0.25) is 0 Å². The summed E-state index contributed by atoms with van der Waals surface area (Å²) in [5.41, 5.74) is 5.40. The zero-order valence-electron chi connectivity index (χ0n) is 18.6. The molecule has 2 aliphatic heterocycles. The monoisotopic (exact) mass is 544 g/mol. The van der Waals surface area contributed by atoms with Gasteiger partial charge in [0.05, 0.1) is 0 Å². The van der Waals surface area contributed by atoms with Crippen molar-refractivity contribution in [2.45, 2.75) is 32.6 Å². The van der Waals surface area contributed by atoms with Gasteiger partial charge in [0.1, 0.15) is 0 Å². The van der Waals surface area contributed by atoms with Gasteiger partial charge in [-0.15, -0.1) is 24.0 Å². The SMILES string of the molecule is CCNC(=NCCCN1CCN(c2ncccn2)CC1)N1CCCC(CC(N)=O)C1.I. The normalized spacial score (nSPS) is 20.3. The summed E-state index contributed by atoms with van der Waals surface area (Å²) in [6, 6.07) is 1.85. The predicted octanol–water partition coefficient (Wildman–Crippen LogP) is 1.16. The molecular formula is C21H37IN8O. The van der Waals surface area contributed by atoms with E-state index in [0.29, 0.717) is 12.3 Å². The lowest BCUT2D eigenvalue weighted by molar-refractivity contribution is -0.119. The molecule has 0 aliphatic carbocycles. The maximum atomic E-state index is 11.3. The van der Waals surface area contributed by atoms with E-state index in [-0.39, 0.29) is 29.9 Å². The van der Waals surface area contributed by atoms with Gasteiger partial charge in [0, 0.05) is 77.7 Å². The number of aliphatic imine (C=N–C) groups is 1. The number of amides is 1. The Morgan fingerprint density at radius 3 is 2.65 bits per heavy atom. The average molecular weight is 544 g/mol. The third-order valence-corrected chi connectivity index (χ3v) is 5.74. The van der Waals surface area contributed by atoms with Gasteiger partial charge >= 0.3 is 0 Å². The van der Waals surface area contributed by atoms with Crippen LogP contribution in [-0.2, 0) is 4.79 Å². The summed E-state index contributed by atoms with van der Waals surface area (Å²) in [4.78, 5) is 31.9. The summed E-state index contributed by atoms with van der Waals surface area (Å²) >= 11 is 0. The molecule has 1 unspecified atom stereocenters. The van der Waals surface area contributed by atoms with Gasteiger partial charge in [-0.3, -0.25) is 14.7 Å². The van der Waals surface area contributed by atoms with Crippen LogP contribution in [0, 0.1) is 5.92 Å². The first-order valence-electron chi connectivity index (χ1n) is 11.2. The molecule has 0 radical (unpaired) electrons. The smallest absolute Gasteiger partial charge is 0.225 e. The molecule has 3 heterocycles. The number of piperidine rings is 1. The number of guanidine groups is 1. The third kappa shape index (κ3) is 8.40. The van der Waals surface area contributed by atoms with E-state index in [4.69, 9.17) is 10.7 Å². The minimum Gasteiger partial charge on any atom is -0.370 e. The lowest BCUT2D eigenvalue weighted by Gasteiger charge is -2.35. The number of halogens is 1. The number of likely N-dealkylation sites (tertiary alicyclic amines) is 1. The molecule has 9 nitrogen and oxygen atoms in total. The number of anilines is 1. The molecule has 3 rings (SSSR count). The summed E-state index contributed by atoms with van der Waals surface area (Å²) in [5.74, 6) is 1.93. The molecule has 0 aromatic carbocycles. The van der Waals surface area contributed by atoms with Crippen LogP contribution in [0.3, 0.4) is 0 Å². The minimum atomic E-state index is -0.206. The standard InChI is InChI=1S/C21H36N8O.HI/c1-2-23-20(29-11-3-6-18(17-29)16-19(22)30)26-9-5-10-27-12-14-28(15-13-27)21-24-7-4-8-25-21;/h4,7-8,18H,2-3,5-6,9-17H2,1H3,(H2,22,30)(H,23,26);1H. The Labute approximate surface area is 202 Å². The van der Waals surface area contributed by atoms with Gasteiger partial charge in [-0.05, 0) is 38.2 Å². The number of primary amides is 1. The molecule has 174 valence electrons. The van der Waals surface area contributed by atoms with Crippen molar-refractivity contribution in [2.75, 3.05) is 63.8 Å². The van der Waals surface area contributed by atoms with Crippen LogP contribution >= 0.6 is 24.0 Å². The van der Waals surface area contributed by atoms with Crippen molar-refractivity contribution in [1.29, 1.82) is 0 Å². The average Bonchev–Trinajstić information content (AvgIpc) is 2.77. The second-order valence-electron chi connectivity index (χ2n) is 8.09. The van der Waals surface area contributed by atoms with Crippen molar-refractivity contribution in [3.05, 3.63) is 18.5 Å². The van der Waals surface area contributed by atoms with Crippen LogP contribution in [0.15, 0.2) is 23.5 Å². The zero-order valence-corrected chi connectivity index (χ0v) is 20.9. The highest BCUT2D eigenvalue weighted by molar-refractivity contribution is 14.0. The number of carbonyl (C=O) groups is 1. The highest BCUT2D eigenvalue weighted by Crippen LogP contribution is 2.19. The number of nitrogens with two attached hydrogens (primary N) is 1. The Morgan fingerprint density at radius 1 is 1.23 bits per heavy atom. The van der Waals surface area contributed by atoms with Crippen molar-refractivity contribution < 1.29 is 4.79 Å². The highest BCUT2D eigenvalue weighted by atomic mass is 127. The van der Waals surface area contributed by atoms with Crippen molar-refractivity contribution >= 4 is 41.8 Å². The number of rotatable bonds is 8. The fraction of sp³-hybridized carbons (Fsp3) is 0.714. The van der Waals surface area contributed by atoms with E-state index in [1.165, 1.54) is 0 Å². The summed E-state index contributed by atoms with van der Waals surface area (Å²) in [6.07, 6.45) is 7.25. The lowest BCUT2D eigenvalue weighted by atomic mass is 9.95. The number of hydrogen-bond acceptors (Lipinski definition) is 6. The zero-order chi connectivity index (χ0) is 21.2. The molecule has 0 bridgehead atoms. The highest BCUT2D eigenvalue weighted by Gasteiger charge is 2.23. The summed E-state index contributed by atoms with van der Waals surface area (Å²) in [6.45, 7) is 10.6. The molecule has 2 fully saturated rings. The molecule has 1 aromatic heterocycles. The molecular weight excluding hydrogens is 507 g/mol. The molecule has 0 saturated carbocycles. The predicted molar refractivity (Wildman–Crippen MR) is 135 cm³/mol. The second kappa shape index (κ2) is 13.7. The number of hydrogen-bond donors (Lipinski definition) is 2. The number of nitrogens with one attached hydrogen (secondary N) is 1. The maximum absolute atomic E-state index is 11.3. The van der Waals surface area contributed by atoms with Gasteiger partial charge in [-0.1, -0.05) is 0 Å². The molecule has 2 saturated heterocycles. The van der Waals surface area contributed by atoms with E-state index < -0.39 is 0 Å². The summed E-state index contributed by atoms with van der Waals surface area (Å²) < 4.78 is 0. The van der Waals surface area contributed by atoms with Crippen molar-refractivity contribution in [3.8, 4) is 0 Å². The van der Waals surface area contributed by atoms with Crippen LogP contribution in [0.1, 0.15) is 32.6 Å². The van der Waals surface area contributed by atoms with Crippen LogP contribution in [0.5, 0.6) is 0 Å². The first-order valence-corrected chi connectivity index (χ1v) is 11.2. The number of piperazine rings is 1. The summed E-state index contributed by atoms with van der Waals surface area (Å²) in [7, 11) is 0. The van der Waals surface area contributed by atoms with E-state index in [2.05, 4.69) is 36.9 Å². The van der Waals surface area contributed by atoms with Crippen molar-refractivity contribution in [1.82, 2.24) is 25.1 Å². The molecule has 31 heavy (non-hydrogen) atoms. The first kappa shape index (κ1) is 25.6. The van der Waals surface area contributed by atoms with Gasteiger partial charge in [0.15, 0.2) is 5.96 Å². The number of aromatic nitrogens is 2. The van der Waals surface area contributed by atoms with Gasteiger partial charge in [0.25, 0.3) is 0 Å². The van der Waals surface area contributed by atoms with E-state index in [1.807, 2.05) is 6.07 Å². The van der Waals surface area contributed by atoms with Crippen molar-refractivity contribution in [2.24, 2.45) is 16.6 Å². The quantitative estimate of drug-likeness (QED) is 0.219. The Kier molecular flexibility index (Phi) is 11.3. The van der Waals surface area contributed by atoms with E-state index in [1.54, 1.807) is 12.4 Å². The molecule has 10 heteroatoms. The van der Waals surface area contributed by atoms with E-state index in [0.717, 1.165) is 90.1 Å². The molecule has 1 amide bonds. The van der Waals surface area contributed by atoms with Crippen LogP contribution in [0.25, 0.3) is 0 Å². The first-order chi connectivity index (χ1) is 14.7. The largest absolute Gasteiger partial charge is 0.370 e. The second-order valence-corrected chi connectivity index (χ2v) is 8.09. The Balaban J connectivity index is 0.00000341. The number of nitrogens with zero attached hydrogens (tertiary/aromatic N) is 6. The minimum absolute atomic E-state index is 0. The Hall–Kier alpha value is -1.69. The van der Waals surface area contributed by atoms with Gasteiger partial charge in [0.2, 0.25) is 11.9 Å². The Bertz CT molecular complexity index is 681. The lowest BCUT2D eigenvalue weighted by Crippen LogP contribution is -2.48. The molecule has 1 atom stereocenters. The van der Waals surface area contributed by atoms with Gasteiger partial charge < -0.3 is 20.9 Å². The number of carbonyl (C=O) groups excluding carboxylic acids is 1. The van der Waals surface area contributed by atoms with Gasteiger partial charge in [-0.2, -0.15) is 0 Å². The van der Waals surface area contributed by atoms with Crippen LogP contribution in [0.4, 0.5) is 5.95 Å². The van der Waals surface area contributed by atoms with Crippen LogP contribution < -0.4 is 16.0 Å². The van der Waals surface area contributed by atoms with Gasteiger partial charge in [-0.25, -0.2) is 9.97 Å². The molecule has 3 N–H and O–H groups in total. The molecule has 1 aromatic rings. The fourth-order valence-electron chi connectivity index (χ4n) is 4.24. The third-order valence-electron chi connectivity index (χ3n) is 5.74. The molecule has 0 spiro atoms. The maximum Gasteiger partial charge on any atom is 0.225 e. The molecule has 2 aliphatic rings. The summed E-state index contributed by atoms with van der Waals surface area (Å²) in [5, 5.41) is 3.41. The van der Waals surface area contributed by atoms with Crippen molar-refractivity contribution in [3.63, 3.8) is 0 Å². The van der Waals surface area contributed by atoms with E-state index >= 15 is 0 Å². The fourth-order valence-corrected chi connectivity index (χ4v) is 4.24. The Morgan fingerprint density at radius 2 is 1.97 bits per heavy atom. The van der Waals surface area contributed by atoms with Crippen LogP contribution in [-0.4, -0.2) is 90.5 Å². The topological polar surface area (TPSA) is 103 Å².